The van der Waals surface area contributed by atoms with Gasteiger partial charge in [0.25, 0.3) is 0 Å². The summed E-state index contributed by atoms with van der Waals surface area (Å²) in [5.74, 6) is 0.904. The largest absolute Gasteiger partial charge is 0.311 e. The van der Waals surface area contributed by atoms with Crippen molar-refractivity contribution in [2.45, 2.75) is 69.7 Å². The van der Waals surface area contributed by atoms with Gasteiger partial charge in [0, 0.05) is 17.3 Å². The fourth-order valence-corrected chi connectivity index (χ4v) is 4.60. The standard InChI is InChI=1S/C16H32N2S/c1-4-9-18-10-7-14(8-11-18)13(2)17-15-5-6-16(12-15)19-3/h13-17H,4-12H2,1-3H3. The summed E-state index contributed by atoms with van der Waals surface area (Å²) in [6, 6.07) is 1.51. The van der Waals surface area contributed by atoms with E-state index in [1.165, 1.54) is 58.2 Å². The molecule has 1 heterocycles. The predicted octanol–water partition coefficient (Wildman–Crippen LogP) is 3.37. The molecule has 2 nitrogen and oxygen atoms in total. The first kappa shape index (κ1) is 15.7. The Morgan fingerprint density at radius 3 is 2.53 bits per heavy atom. The highest BCUT2D eigenvalue weighted by Crippen LogP contribution is 2.29. The molecule has 0 radical (unpaired) electrons. The minimum atomic E-state index is 0.717. The van der Waals surface area contributed by atoms with Crippen LogP contribution < -0.4 is 5.32 Å². The van der Waals surface area contributed by atoms with Gasteiger partial charge in [0.2, 0.25) is 0 Å². The smallest absolute Gasteiger partial charge is 0.00805 e. The van der Waals surface area contributed by atoms with Crippen LogP contribution in [0.1, 0.15) is 52.4 Å². The number of likely N-dealkylation sites (tertiary alicyclic amines) is 1. The summed E-state index contributed by atoms with van der Waals surface area (Å²) in [7, 11) is 0. The minimum Gasteiger partial charge on any atom is -0.311 e. The van der Waals surface area contributed by atoms with E-state index in [0.717, 1.165) is 23.3 Å². The van der Waals surface area contributed by atoms with Crippen molar-refractivity contribution in [2.24, 2.45) is 5.92 Å². The van der Waals surface area contributed by atoms with E-state index in [1.54, 1.807) is 0 Å². The molecule has 3 unspecified atom stereocenters. The second kappa shape index (κ2) is 7.90. The van der Waals surface area contributed by atoms with Crippen LogP contribution in [-0.4, -0.2) is 48.1 Å². The molecular weight excluding hydrogens is 252 g/mol. The Morgan fingerprint density at radius 1 is 1.21 bits per heavy atom. The van der Waals surface area contributed by atoms with Gasteiger partial charge in [0.05, 0.1) is 0 Å². The number of nitrogens with one attached hydrogen (secondary N) is 1. The van der Waals surface area contributed by atoms with E-state index in [0.29, 0.717) is 0 Å². The van der Waals surface area contributed by atoms with Crippen LogP contribution in [0.15, 0.2) is 0 Å². The molecule has 0 amide bonds. The molecule has 0 bridgehead atoms. The summed E-state index contributed by atoms with van der Waals surface area (Å²) in [4.78, 5) is 2.64. The first-order chi connectivity index (χ1) is 9.22. The minimum absolute atomic E-state index is 0.717. The van der Waals surface area contributed by atoms with Crippen molar-refractivity contribution in [3.63, 3.8) is 0 Å². The molecule has 1 aliphatic heterocycles. The Hall–Kier alpha value is 0.270. The van der Waals surface area contributed by atoms with E-state index >= 15 is 0 Å². The third-order valence-corrected chi connectivity index (χ3v) is 6.19. The van der Waals surface area contributed by atoms with Gasteiger partial charge in [-0.2, -0.15) is 11.8 Å². The van der Waals surface area contributed by atoms with E-state index in [1.807, 2.05) is 0 Å². The fourth-order valence-electron chi connectivity index (χ4n) is 3.81. The van der Waals surface area contributed by atoms with Crippen molar-refractivity contribution in [1.82, 2.24) is 10.2 Å². The maximum atomic E-state index is 3.93. The van der Waals surface area contributed by atoms with Gasteiger partial charge in [-0.05, 0) is 77.3 Å². The lowest BCUT2D eigenvalue weighted by Gasteiger charge is -2.36. The Kier molecular flexibility index (Phi) is 6.51. The van der Waals surface area contributed by atoms with Crippen molar-refractivity contribution >= 4 is 11.8 Å². The molecule has 0 spiro atoms. The summed E-state index contributed by atoms with van der Waals surface area (Å²) < 4.78 is 0. The maximum Gasteiger partial charge on any atom is 0.00805 e. The SMILES string of the molecule is CCCN1CCC(C(C)NC2CCC(SC)C2)CC1. The van der Waals surface area contributed by atoms with Gasteiger partial charge in [-0.25, -0.2) is 0 Å². The van der Waals surface area contributed by atoms with Crippen LogP contribution in [0.4, 0.5) is 0 Å². The van der Waals surface area contributed by atoms with Gasteiger partial charge in [-0.15, -0.1) is 0 Å². The molecule has 0 aromatic rings. The maximum absolute atomic E-state index is 3.93. The number of rotatable bonds is 6. The van der Waals surface area contributed by atoms with Crippen LogP contribution in [-0.2, 0) is 0 Å². The van der Waals surface area contributed by atoms with Gasteiger partial charge in [-0.1, -0.05) is 6.92 Å². The molecule has 3 atom stereocenters. The lowest BCUT2D eigenvalue weighted by atomic mass is 9.89. The molecular formula is C16H32N2S. The normalized spacial score (nSPS) is 31.7. The summed E-state index contributed by atoms with van der Waals surface area (Å²) in [5, 5.41) is 4.84. The van der Waals surface area contributed by atoms with Crippen LogP contribution in [0.25, 0.3) is 0 Å². The Balaban J connectivity index is 1.68. The summed E-state index contributed by atoms with van der Waals surface area (Å²) >= 11 is 2.06. The topological polar surface area (TPSA) is 15.3 Å². The van der Waals surface area contributed by atoms with Crippen LogP contribution in [0.3, 0.4) is 0 Å². The Bertz CT molecular complexity index is 251. The third kappa shape index (κ3) is 4.64. The van der Waals surface area contributed by atoms with Gasteiger partial charge < -0.3 is 10.2 Å². The molecule has 2 aliphatic rings. The highest BCUT2D eigenvalue weighted by atomic mass is 32.2. The third-order valence-electron chi connectivity index (χ3n) is 5.10. The lowest BCUT2D eigenvalue weighted by Crippen LogP contribution is -2.45. The summed E-state index contributed by atoms with van der Waals surface area (Å²) in [5.41, 5.74) is 0. The number of piperidine rings is 1. The zero-order valence-electron chi connectivity index (χ0n) is 13.0. The number of hydrogen-bond acceptors (Lipinski definition) is 3. The van der Waals surface area contributed by atoms with Gasteiger partial charge in [-0.3, -0.25) is 0 Å². The van der Waals surface area contributed by atoms with Gasteiger partial charge in [0.15, 0.2) is 0 Å². The zero-order valence-corrected chi connectivity index (χ0v) is 13.8. The average molecular weight is 285 g/mol. The van der Waals surface area contributed by atoms with Crippen LogP contribution in [0.2, 0.25) is 0 Å². The first-order valence-electron chi connectivity index (χ1n) is 8.24. The molecule has 1 saturated heterocycles. The Labute approximate surface area is 124 Å². The van der Waals surface area contributed by atoms with Crippen molar-refractivity contribution in [3.8, 4) is 0 Å². The molecule has 0 aromatic heterocycles. The first-order valence-corrected chi connectivity index (χ1v) is 9.53. The zero-order chi connectivity index (χ0) is 13.7. The molecule has 112 valence electrons. The van der Waals surface area contributed by atoms with E-state index in [2.05, 4.69) is 42.1 Å². The highest BCUT2D eigenvalue weighted by Gasteiger charge is 2.28. The van der Waals surface area contributed by atoms with Crippen molar-refractivity contribution in [2.75, 3.05) is 25.9 Å². The van der Waals surface area contributed by atoms with E-state index in [9.17, 15) is 0 Å². The highest BCUT2D eigenvalue weighted by molar-refractivity contribution is 7.99. The van der Waals surface area contributed by atoms with Crippen molar-refractivity contribution in [3.05, 3.63) is 0 Å². The number of thioether (sulfide) groups is 1. The van der Waals surface area contributed by atoms with Crippen LogP contribution in [0, 0.1) is 5.92 Å². The Morgan fingerprint density at radius 2 is 1.95 bits per heavy atom. The summed E-state index contributed by atoms with van der Waals surface area (Å²) in [6.07, 6.45) is 10.6. The summed E-state index contributed by atoms with van der Waals surface area (Å²) in [6.45, 7) is 8.66. The fraction of sp³-hybridized carbons (Fsp3) is 1.00. The lowest BCUT2D eigenvalue weighted by molar-refractivity contribution is 0.158. The van der Waals surface area contributed by atoms with E-state index < -0.39 is 0 Å². The second-order valence-corrected chi connectivity index (χ2v) is 7.64. The molecule has 1 N–H and O–H groups in total. The van der Waals surface area contributed by atoms with Crippen LogP contribution >= 0.6 is 11.8 Å². The molecule has 2 fully saturated rings. The van der Waals surface area contributed by atoms with Crippen molar-refractivity contribution in [1.29, 1.82) is 0 Å². The molecule has 3 heteroatoms. The quantitative estimate of drug-likeness (QED) is 0.805. The van der Waals surface area contributed by atoms with Gasteiger partial charge in [0.1, 0.15) is 0 Å². The average Bonchev–Trinajstić information content (AvgIpc) is 2.87. The monoisotopic (exact) mass is 284 g/mol. The molecule has 19 heavy (non-hydrogen) atoms. The molecule has 1 aliphatic carbocycles. The van der Waals surface area contributed by atoms with Crippen molar-refractivity contribution < 1.29 is 0 Å². The van der Waals surface area contributed by atoms with Gasteiger partial charge >= 0.3 is 0 Å². The molecule has 0 aromatic carbocycles. The van der Waals surface area contributed by atoms with Crippen LogP contribution in [0.5, 0.6) is 0 Å². The number of hydrogen-bond donors (Lipinski definition) is 1. The molecule has 1 saturated carbocycles. The van der Waals surface area contributed by atoms with E-state index in [-0.39, 0.29) is 0 Å². The van der Waals surface area contributed by atoms with E-state index in [4.69, 9.17) is 0 Å². The molecule has 2 rings (SSSR count). The second-order valence-electron chi connectivity index (χ2n) is 6.50. The number of nitrogens with zero attached hydrogens (tertiary/aromatic N) is 1. The predicted molar refractivity (Wildman–Crippen MR) is 87.0 cm³/mol.